The van der Waals surface area contributed by atoms with Gasteiger partial charge in [0.2, 0.25) is 5.91 Å². The van der Waals surface area contributed by atoms with Crippen molar-refractivity contribution in [3.05, 3.63) is 24.2 Å². The molecule has 4 heteroatoms. The van der Waals surface area contributed by atoms with E-state index in [1.54, 1.807) is 12.5 Å². The second-order valence-corrected chi connectivity index (χ2v) is 3.35. The highest BCUT2D eigenvalue weighted by Crippen LogP contribution is 2.11. The van der Waals surface area contributed by atoms with Gasteiger partial charge in [0, 0.05) is 18.7 Å². The predicted octanol–water partition coefficient (Wildman–Crippen LogP) is 1.07. The van der Waals surface area contributed by atoms with Crippen molar-refractivity contribution in [3.8, 4) is 0 Å². The maximum absolute atomic E-state index is 11.5. The van der Waals surface area contributed by atoms with Crippen molar-refractivity contribution >= 4 is 5.91 Å². The van der Waals surface area contributed by atoms with E-state index >= 15 is 0 Å². The van der Waals surface area contributed by atoms with Gasteiger partial charge in [-0.15, -0.1) is 0 Å². The van der Waals surface area contributed by atoms with E-state index in [1.807, 2.05) is 6.07 Å². The first-order chi connectivity index (χ1) is 6.86. The molecule has 0 saturated carbocycles. The van der Waals surface area contributed by atoms with Crippen LogP contribution < -0.4 is 5.32 Å². The van der Waals surface area contributed by atoms with Gasteiger partial charge in [-0.25, -0.2) is 0 Å². The van der Waals surface area contributed by atoms with Gasteiger partial charge in [0.1, 0.15) is 6.10 Å². The van der Waals surface area contributed by atoms with Crippen molar-refractivity contribution < 1.29 is 13.9 Å². The average Bonchev–Trinajstić information content (AvgIpc) is 2.87. The van der Waals surface area contributed by atoms with Crippen LogP contribution in [0.2, 0.25) is 0 Å². The summed E-state index contributed by atoms with van der Waals surface area (Å²) >= 11 is 0. The Morgan fingerprint density at radius 2 is 2.57 bits per heavy atom. The van der Waals surface area contributed by atoms with E-state index in [9.17, 15) is 4.79 Å². The van der Waals surface area contributed by atoms with Crippen LogP contribution in [0, 0.1) is 0 Å². The number of hydrogen-bond acceptors (Lipinski definition) is 3. The number of rotatable bonds is 3. The van der Waals surface area contributed by atoms with Gasteiger partial charge in [-0.2, -0.15) is 0 Å². The summed E-state index contributed by atoms with van der Waals surface area (Å²) in [6.45, 7) is 1.21. The van der Waals surface area contributed by atoms with Crippen LogP contribution in [-0.2, 0) is 16.1 Å². The van der Waals surface area contributed by atoms with Crippen molar-refractivity contribution in [2.24, 2.45) is 0 Å². The summed E-state index contributed by atoms with van der Waals surface area (Å²) < 4.78 is 10.1. The van der Waals surface area contributed by atoms with Gasteiger partial charge in [-0.05, 0) is 18.9 Å². The predicted molar refractivity (Wildman–Crippen MR) is 49.5 cm³/mol. The fourth-order valence-corrected chi connectivity index (χ4v) is 1.48. The molecule has 0 radical (unpaired) electrons. The molecule has 1 unspecified atom stereocenters. The average molecular weight is 195 g/mol. The number of carbonyl (C=O) groups is 1. The third-order valence-electron chi connectivity index (χ3n) is 2.27. The van der Waals surface area contributed by atoms with Gasteiger partial charge in [0.05, 0.1) is 12.5 Å². The number of amides is 1. The molecule has 1 amide bonds. The first-order valence-corrected chi connectivity index (χ1v) is 4.76. The van der Waals surface area contributed by atoms with E-state index in [1.165, 1.54) is 0 Å². The van der Waals surface area contributed by atoms with Crippen LogP contribution in [0.15, 0.2) is 23.0 Å². The van der Waals surface area contributed by atoms with Crippen molar-refractivity contribution in [1.82, 2.24) is 5.32 Å². The summed E-state index contributed by atoms with van der Waals surface area (Å²) in [5.74, 6) is -0.0244. The summed E-state index contributed by atoms with van der Waals surface area (Å²) in [6, 6.07) is 1.83. The monoisotopic (exact) mass is 195 g/mol. The summed E-state index contributed by atoms with van der Waals surface area (Å²) in [5.41, 5.74) is 0.969. The molecule has 1 atom stereocenters. The van der Waals surface area contributed by atoms with E-state index in [0.717, 1.165) is 18.4 Å². The third-order valence-corrected chi connectivity index (χ3v) is 2.27. The number of carbonyl (C=O) groups excluding carboxylic acids is 1. The molecule has 0 spiro atoms. The molecular formula is C10H13NO3. The van der Waals surface area contributed by atoms with Gasteiger partial charge in [-0.3, -0.25) is 4.79 Å². The zero-order chi connectivity index (χ0) is 9.80. The molecule has 14 heavy (non-hydrogen) atoms. The van der Waals surface area contributed by atoms with Crippen LogP contribution in [0.1, 0.15) is 18.4 Å². The number of nitrogens with one attached hydrogen (secondary N) is 1. The lowest BCUT2D eigenvalue weighted by molar-refractivity contribution is -0.130. The normalized spacial score (nSPS) is 21.0. The van der Waals surface area contributed by atoms with Gasteiger partial charge in [0.15, 0.2) is 0 Å². The van der Waals surface area contributed by atoms with Gasteiger partial charge < -0.3 is 14.5 Å². The van der Waals surface area contributed by atoms with Gasteiger partial charge in [0.25, 0.3) is 0 Å². The van der Waals surface area contributed by atoms with E-state index < -0.39 is 0 Å². The largest absolute Gasteiger partial charge is 0.472 e. The highest BCUT2D eigenvalue weighted by Gasteiger charge is 2.22. The van der Waals surface area contributed by atoms with Crippen LogP contribution in [-0.4, -0.2) is 18.6 Å². The minimum Gasteiger partial charge on any atom is -0.472 e. The summed E-state index contributed by atoms with van der Waals surface area (Å²) in [7, 11) is 0. The van der Waals surface area contributed by atoms with Crippen LogP contribution in [0.4, 0.5) is 0 Å². The van der Waals surface area contributed by atoms with Gasteiger partial charge >= 0.3 is 0 Å². The van der Waals surface area contributed by atoms with Crippen LogP contribution >= 0.6 is 0 Å². The molecule has 1 aliphatic heterocycles. The Balaban J connectivity index is 1.77. The Labute approximate surface area is 82.2 Å². The zero-order valence-corrected chi connectivity index (χ0v) is 7.86. The van der Waals surface area contributed by atoms with E-state index in [-0.39, 0.29) is 12.0 Å². The molecule has 0 bridgehead atoms. The Kier molecular flexibility index (Phi) is 2.84. The Morgan fingerprint density at radius 1 is 1.64 bits per heavy atom. The molecule has 1 aromatic rings. The zero-order valence-electron chi connectivity index (χ0n) is 7.86. The summed E-state index contributed by atoms with van der Waals surface area (Å²) in [4.78, 5) is 11.5. The van der Waals surface area contributed by atoms with Crippen LogP contribution in [0.5, 0.6) is 0 Å². The number of hydrogen-bond donors (Lipinski definition) is 1. The molecule has 0 aromatic carbocycles. The molecule has 4 nitrogen and oxygen atoms in total. The topological polar surface area (TPSA) is 51.5 Å². The SMILES string of the molecule is O=C(NCc1ccoc1)C1CCCO1. The number of furan rings is 1. The highest BCUT2D eigenvalue weighted by molar-refractivity contribution is 5.80. The lowest BCUT2D eigenvalue weighted by Crippen LogP contribution is -2.33. The second-order valence-electron chi connectivity index (χ2n) is 3.35. The minimum atomic E-state index is -0.248. The fourth-order valence-electron chi connectivity index (χ4n) is 1.48. The highest BCUT2D eigenvalue weighted by atomic mass is 16.5. The fraction of sp³-hybridized carbons (Fsp3) is 0.500. The molecular weight excluding hydrogens is 182 g/mol. The Bertz CT molecular complexity index is 288. The molecule has 2 heterocycles. The summed E-state index contributed by atoms with van der Waals surface area (Å²) in [6.07, 6.45) is 4.77. The quantitative estimate of drug-likeness (QED) is 0.785. The van der Waals surface area contributed by atoms with Crippen LogP contribution in [0.3, 0.4) is 0 Å². The Morgan fingerprint density at radius 3 is 3.21 bits per heavy atom. The molecule has 1 fully saturated rings. The summed E-state index contributed by atoms with van der Waals surface area (Å²) in [5, 5.41) is 2.80. The maximum Gasteiger partial charge on any atom is 0.249 e. The lowest BCUT2D eigenvalue weighted by atomic mass is 10.2. The molecule has 76 valence electrons. The maximum atomic E-state index is 11.5. The second kappa shape index (κ2) is 4.28. The lowest BCUT2D eigenvalue weighted by Gasteiger charge is -2.08. The molecule has 2 rings (SSSR count). The van der Waals surface area contributed by atoms with E-state index in [0.29, 0.717) is 13.2 Å². The standard InChI is InChI=1S/C10H13NO3/c12-10(9-2-1-4-14-9)11-6-8-3-5-13-7-8/h3,5,7,9H,1-2,4,6H2,(H,11,12). The third kappa shape index (κ3) is 2.14. The molecule has 1 saturated heterocycles. The minimum absolute atomic E-state index is 0.0244. The van der Waals surface area contributed by atoms with Gasteiger partial charge in [-0.1, -0.05) is 0 Å². The first-order valence-electron chi connectivity index (χ1n) is 4.76. The molecule has 1 N–H and O–H groups in total. The van der Waals surface area contributed by atoms with Crippen molar-refractivity contribution in [2.45, 2.75) is 25.5 Å². The molecule has 1 aliphatic rings. The van der Waals surface area contributed by atoms with Crippen molar-refractivity contribution in [3.63, 3.8) is 0 Å². The van der Waals surface area contributed by atoms with E-state index in [2.05, 4.69) is 5.32 Å². The molecule has 0 aliphatic carbocycles. The van der Waals surface area contributed by atoms with Crippen molar-refractivity contribution in [1.29, 1.82) is 0 Å². The first kappa shape index (κ1) is 9.27. The molecule has 1 aromatic heterocycles. The van der Waals surface area contributed by atoms with Crippen LogP contribution in [0.25, 0.3) is 0 Å². The smallest absolute Gasteiger partial charge is 0.249 e. The van der Waals surface area contributed by atoms with Crippen molar-refractivity contribution in [2.75, 3.05) is 6.61 Å². The Hall–Kier alpha value is -1.29. The van der Waals surface area contributed by atoms with E-state index in [4.69, 9.17) is 9.15 Å². The number of ether oxygens (including phenoxy) is 1.